The first-order chi connectivity index (χ1) is 6.86. The molecule has 5 heteroatoms. The topological polar surface area (TPSA) is 52.0 Å². The van der Waals surface area contributed by atoms with Crippen molar-refractivity contribution >= 4 is 0 Å². The van der Waals surface area contributed by atoms with E-state index < -0.39 is 0 Å². The molecule has 1 heterocycles. The van der Waals surface area contributed by atoms with Crippen LogP contribution in [0.15, 0.2) is 6.33 Å². The second-order valence-electron chi connectivity index (χ2n) is 3.09. The minimum absolute atomic E-state index is 0.708. The van der Waals surface area contributed by atoms with Gasteiger partial charge in [-0.25, -0.2) is 4.98 Å². The summed E-state index contributed by atoms with van der Waals surface area (Å²) in [6.07, 6.45) is 2.86. The van der Waals surface area contributed by atoms with Gasteiger partial charge in [0, 0.05) is 20.2 Å². The molecular weight excluding hydrogens is 180 g/mol. The first-order valence-corrected chi connectivity index (χ1v) is 4.94. The summed E-state index contributed by atoms with van der Waals surface area (Å²) < 4.78 is 6.78. The molecule has 0 aliphatic carbocycles. The molecular formula is C9H18N4O. The molecule has 1 aromatic heterocycles. The van der Waals surface area contributed by atoms with E-state index >= 15 is 0 Å². The van der Waals surface area contributed by atoms with Crippen LogP contribution in [-0.2, 0) is 17.8 Å². The van der Waals surface area contributed by atoms with Crippen molar-refractivity contribution in [2.24, 2.45) is 0 Å². The van der Waals surface area contributed by atoms with Gasteiger partial charge in [-0.1, -0.05) is 6.92 Å². The van der Waals surface area contributed by atoms with Crippen molar-refractivity contribution in [3.63, 3.8) is 0 Å². The standard InChI is InChI=1S/C9H18N4O/c1-3-5-13-8-11-9(12-13)7-10-4-6-14-2/h8,10H,3-7H2,1-2H3. The lowest BCUT2D eigenvalue weighted by Crippen LogP contribution is -2.19. The Hall–Kier alpha value is -0.940. The zero-order valence-electron chi connectivity index (χ0n) is 8.86. The van der Waals surface area contributed by atoms with Crippen molar-refractivity contribution in [3.05, 3.63) is 12.2 Å². The molecule has 14 heavy (non-hydrogen) atoms. The van der Waals surface area contributed by atoms with E-state index in [9.17, 15) is 0 Å². The van der Waals surface area contributed by atoms with E-state index in [0.29, 0.717) is 6.54 Å². The number of nitrogens with one attached hydrogen (secondary N) is 1. The molecule has 0 aromatic carbocycles. The predicted molar refractivity (Wildman–Crippen MR) is 53.9 cm³/mol. The van der Waals surface area contributed by atoms with Gasteiger partial charge in [-0.2, -0.15) is 5.10 Å². The van der Waals surface area contributed by atoms with Gasteiger partial charge in [0.25, 0.3) is 0 Å². The number of hydrogen-bond acceptors (Lipinski definition) is 4. The van der Waals surface area contributed by atoms with Gasteiger partial charge in [0.1, 0.15) is 6.33 Å². The van der Waals surface area contributed by atoms with Crippen LogP contribution in [0.1, 0.15) is 19.2 Å². The quantitative estimate of drug-likeness (QED) is 0.645. The summed E-state index contributed by atoms with van der Waals surface area (Å²) in [5.74, 6) is 0.842. The highest BCUT2D eigenvalue weighted by Gasteiger charge is 1.98. The van der Waals surface area contributed by atoms with Crippen molar-refractivity contribution in [2.45, 2.75) is 26.4 Å². The van der Waals surface area contributed by atoms with Crippen LogP contribution in [0.5, 0.6) is 0 Å². The first kappa shape index (κ1) is 11.1. The maximum atomic E-state index is 4.92. The monoisotopic (exact) mass is 198 g/mol. The second kappa shape index (κ2) is 6.50. The van der Waals surface area contributed by atoms with Crippen LogP contribution in [0.4, 0.5) is 0 Å². The van der Waals surface area contributed by atoms with Crippen molar-refractivity contribution in [3.8, 4) is 0 Å². The number of aromatic nitrogens is 3. The van der Waals surface area contributed by atoms with Gasteiger partial charge >= 0.3 is 0 Å². The fraction of sp³-hybridized carbons (Fsp3) is 0.778. The zero-order valence-corrected chi connectivity index (χ0v) is 8.86. The van der Waals surface area contributed by atoms with Crippen LogP contribution in [0.3, 0.4) is 0 Å². The predicted octanol–water partition coefficient (Wildman–Crippen LogP) is 0.424. The van der Waals surface area contributed by atoms with Crippen LogP contribution < -0.4 is 5.32 Å². The average Bonchev–Trinajstić information content (AvgIpc) is 2.61. The summed E-state index contributed by atoms with van der Waals surface area (Å²) in [6, 6.07) is 0. The Kier molecular flexibility index (Phi) is 5.17. The SMILES string of the molecule is CCCn1cnc(CNCCOC)n1. The van der Waals surface area contributed by atoms with Gasteiger partial charge in [-0.3, -0.25) is 4.68 Å². The van der Waals surface area contributed by atoms with E-state index in [0.717, 1.165) is 31.9 Å². The third-order valence-electron chi connectivity index (χ3n) is 1.80. The first-order valence-electron chi connectivity index (χ1n) is 4.94. The van der Waals surface area contributed by atoms with Crippen molar-refractivity contribution < 1.29 is 4.74 Å². The summed E-state index contributed by atoms with van der Waals surface area (Å²) in [5, 5.41) is 7.49. The Morgan fingerprint density at radius 2 is 2.43 bits per heavy atom. The Morgan fingerprint density at radius 1 is 1.57 bits per heavy atom. The minimum atomic E-state index is 0.708. The lowest BCUT2D eigenvalue weighted by atomic mass is 10.5. The number of methoxy groups -OCH3 is 1. The highest BCUT2D eigenvalue weighted by atomic mass is 16.5. The molecule has 0 amide bonds. The maximum Gasteiger partial charge on any atom is 0.164 e. The molecule has 0 unspecified atom stereocenters. The van der Waals surface area contributed by atoms with Gasteiger partial charge in [0.2, 0.25) is 0 Å². The van der Waals surface area contributed by atoms with Crippen molar-refractivity contribution in [1.82, 2.24) is 20.1 Å². The highest BCUT2D eigenvalue weighted by Crippen LogP contribution is 1.91. The van der Waals surface area contributed by atoms with Crippen molar-refractivity contribution in [2.75, 3.05) is 20.3 Å². The summed E-state index contributed by atoms with van der Waals surface area (Å²) in [7, 11) is 1.69. The Morgan fingerprint density at radius 3 is 3.14 bits per heavy atom. The van der Waals surface area contributed by atoms with Crippen molar-refractivity contribution in [1.29, 1.82) is 0 Å². The lowest BCUT2D eigenvalue weighted by molar-refractivity contribution is 0.199. The second-order valence-corrected chi connectivity index (χ2v) is 3.09. The zero-order chi connectivity index (χ0) is 10.2. The Bertz CT molecular complexity index is 249. The smallest absolute Gasteiger partial charge is 0.164 e. The molecule has 0 radical (unpaired) electrons. The number of nitrogens with zero attached hydrogens (tertiary/aromatic N) is 3. The van der Waals surface area contributed by atoms with E-state index in [1.54, 1.807) is 13.4 Å². The number of hydrogen-bond donors (Lipinski definition) is 1. The fourth-order valence-electron chi connectivity index (χ4n) is 1.13. The molecule has 1 N–H and O–H groups in total. The molecule has 5 nitrogen and oxygen atoms in total. The normalized spacial score (nSPS) is 10.7. The molecule has 1 rings (SSSR count). The van der Waals surface area contributed by atoms with Gasteiger partial charge in [-0.15, -0.1) is 0 Å². The molecule has 1 aromatic rings. The molecule has 0 saturated heterocycles. The summed E-state index contributed by atoms with van der Waals surface area (Å²) in [5.41, 5.74) is 0. The van der Waals surface area contributed by atoms with Crippen LogP contribution in [0, 0.1) is 0 Å². The van der Waals surface area contributed by atoms with Crippen LogP contribution in [-0.4, -0.2) is 35.0 Å². The lowest BCUT2D eigenvalue weighted by Gasteiger charge is -1.99. The van der Waals surface area contributed by atoms with Gasteiger partial charge in [-0.05, 0) is 6.42 Å². The average molecular weight is 198 g/mol. The fourth-order valence-corrected chi connectivity index (χ4v) is 1.13. The molecule has 0 atom stereocenters. The summed E-state index contributed by atoms with van der Waals surface area (Å²) in [6.45, 7) is 5.32. The van der Waals surface area contributed by atoms with Crippen LogP contribution >= 0.6 is 0 Å². The molecule has 0 saturated carbocycles. The van der Waals surface area contributed by atoms with Gasteiger partial charge in [0.05, 0.1) is 13.2 Å². The molecule has 0 aliphatic heterocycles. The number of ether oxygens (including phenoxy) is 1. The Labute approximate surface area is 84.5 Å². The third kappa shape index (κ3) is 3.85. The summed E-state index contributed by atoms with van der Waals surface area (Å²) >= 11 is 0. The number of rotatable bonds is 7. The van der Waals surface area contributed by atoms with Crippen LogP contribution in [0.2, 0.25) is 0 Å². The van der Waals surface area contributed by atoms with Crippen LogP contribution in [0.25, 0.3) is 0 Å². The van der Waals surface area contributed by atoms with Gasteiger partial charge in [0.15, 0.2) is 5.82 Å². The van der Waals surface area contributed by atoms with E-state index in [-0.39, 0.29) is 0 Å². The molecule has 0 bridgehead atoms. The number of aryl methyl sites for hydroxylation is 1. The largest absolute Gasteiger partial charge is 0.383 e. The Balaban J connectivity index is 2.22. The molecule has 0 fully saturated rings. The van der Waals surface area contributed by atoms with E-state index in [4.69, 9.17) is 4.74 Å². The maximum absolute atomic E-state index is 4.92. The molecule has 0 aliphatic rings. The van der Waals surface area contributed by atoms with E-state index in [2.05, 4.69) is 22.3 Å². The highest BCUT2D eigenvalue weighted by molar-refractivity contribution is 4.80. The van der Waals surface area contributed by atoms with E-state index in [1.807, 2.05) is 4.68 Å². The third-order valence-corrected chi connectivity index (χ3v) is 1.80. The van der Waals surface area contributed by atoms with E-state index in [1.165, 1.54) is 0 Å². The molecule has 80 valence electrons. The molecule has 0 spiro atoms. The summed E-state index contributed by atoms with van der Waals surface area (Å²) in [4.78, 5) is 4.18. The minimum Gasteiger partial charge on any atom is -0.383 e. The van der Waals surface area contributed by atoms with Gasteiger partial charge < -0.3 is 10.1 Å².